The topological polar surface area (TPSA) is 140 Å². The van der Waals surface area contributed by atoms with E-state index in [0.717, 1.165) is 19.0 Å². The summed E-state index contributed by atoms with van der Waals surface area (Å²) in [4.78, 5) is 14.9. The Labute approximate surface area is 178 Å². The summed E-state index contributed by atoms with van der Waals surface area (Å²) in [6.45, 7) is 3.02. The fraction of sp³-hybridized carbons (Fsp3) is 0.263. The van der Waals surface area contributed by atoms with Crippen LogP contribution in [0.3, 0.4) is 0 Å². The first kappa shape index (κ1) is 22.6. The molecule has 1 heterocycles. The smallest absolute Gasteiger partial charge is 0.323 e. The number of nitrogens with two attached hydrogens (primary N) is 1. The second-order valence-corrected chi connectivity index (χ2v) is 7.42. The third-order valence-corrected chi connectivity index (χ3v) is 4.61. The van der Waals surface area contributed by atoms with Crippen molar-refractivity contribution in [2.24, 2.45) is 10.7 Å². The van der Waals surface area contributed by atoms with Gasteiger partial charge in [-0.25, -0.2) is 0 Å². The predicted molar refractivity (Wildman–Crippen MR) is 114 cm³/mol. The van der Waals surface area contributed by atoms with E-state index in [1.54, 1.807) is 18.2 Å². The number of carboxylic acids is 1. The van der Waals surface area contributed by atoms with Crippen molar-refractivity contribution in [2.45, 2.75) is 18.9 Å². The lowest BCUT2D eigenvalue weighted by Crippen LogP contribution is -2.46. The van der Waals surface area contributed by atoms with Crippen molar-refractivity contribution in [2.75, 3.05) is 18.4 Å². The molecule has 0 bridgehead atoms. The molecular formula is C19H22Cl2N4O4. The molecule has 2 aromatic carbocycles. The number of phenolic OH excluding ortho intramolecular Hbond substituents is 2. The average Bonchev–Trinajstić information content (AvgIpc) is 3.15. The minimum atomic E-state index is -1.39. The molecule has 0 unspecified atom stereocenters. The van der Waals surface area contributed by atoms with Crippen LogP contribution in [-0.2, 0) is 11.2 Å². The van der Waals surface area contributed by atoms with E-state index >= 15 is 0 Å². The average molecular weight is 441 g/mol. The van der Waals surface area contributed by atoms with E-state index < -0.39 is 11.5 Å². The van der Waals surface area contributed by atoms with Gasteiger partial charge >= 0.3 is 5.97 Å². The van der Waals surface area contributed by atoms with Crippen molar-refractivity contribution in [1.82, 2.24) is 5.32 Å². The van der Waals surface area contributed by atoms with E-state index in [-0.39, 0.29) is 17.9 Å². The molecule has 0 aliphatic carbocycles. The summed E-state index contributed by atoms with van der Waals surface area (Å²) < 4.78 is 0. The van der Waals surface area contributed by atoms with Crippen molar-refractivity contribution in [1.29, 1.82) is 0 Å². The van der Waals surface area contributed by atoms with Gasteiger partial charge in [0.15, 0.2) is 17.5 Å². The van der Waals surface area contributed by atoms with Crippen LogP contribution in [0.4, 0.5) is 5.69 Å². The summed E-state index contributed by atoms with van der Waals surface area (Å²) in [5, 5.41) is 34.4. The Morgan fingerprint density at radius 3 is 2.41 bits per heavy atom. The van der Waals surface area contributed by atoms with Crippen LogP contribution in [0.25, 0.3) is 0 Å². The number of nitrogens with zero attached hydrogens (tertiary/aromatic N) is 1. The second-order valence-electron chi connectivity index (χ2n) is 6.60. The van der Waals surface area contributed by atoms with Gasteiger partial charge in [0, 0.05) is 13.0 Å². The van der Waals surface area contributed by atoms with Crippen LogP contribution in [-0.4, -0.2) is 45.9 Å². The van der Waals surface area contributed by atoms with Crippen molar-refractivity contribution >= 4 is 40.8 Å². The normalized spacial score (nSPS) is 14.7. The zero-order valence-electron chi connectivity index (χ0n) is 15.6. The maximum atomic E-state index is 10.7. The number of phenols is 2. The van der Waals surface area contributed by atoms with Crippen LogP contribution >= 0.6 is 23.2 Å². The van der Waals surface area contributed by atoms with E-state index in [1.807, 2.05) is 0 Å². The van der Waals surface area contributed by atoms with Crippen LogP contribution in [0.1, 0.15) is 12.5 Å². The fourth-order valence-corrected chi connectivity index (χ4v) is 2.89. The molecule has 0 radical (unpaired) electrons. The number of carbonyl (C=O) groups is 1. The Kier molecular flexibility index (Phi) is 7.55. The van der Waals surface area contributed by atoms with Gasteiger partial charge in [0.2, 0.25) is 0 Å². The summed E-state index contributed by atoms with van der Waals surface area (Å²) in [5.74, 6) is -0.920. The Morgan fingerprint density at radius 1 is 1.24 bits per heavy atom. The largest absolute Gasteiger partial charge is 0.504 e. The Hall–Kier alpha value is -2.68. The molecule has 8 nitrogen and oxygen atoms in total. The number of anilines is 1. The molecule has 0 aromatic heterocycles. The lowest BCUT2D eigenvalue weighted by atomic mass is 9.94. The van der Waals surface area contributed by atoms with Gasteiger partial charge in [-0.05, 0) is 36.8 Å². The Morgan fingerprint density at radius 2 is 1.90 bits per heavy atom. The molecule has 0 amide bonds. The Balaban J connectivity index is 0.000000207. The van der Waals surface area contributed by atoms with Crippen LogP contribution < -0.4 is 16.4 Å². The van der Waals surface area contributed by atoms with E-state index in [9.17, 15) is 9.90 Å². The summed E-state index contributed by atoms with van der Waals surface area (Å²) in [5.41, 5.74) is 5.40. The zero-order valence-corrected chi connectivity index (χ0v) is 17.1. The second kappa shape index (κ2) is 9.69. The maximum absolute atomic E-state index is 10.7. The highest BCUT2D eigenvalue weighted by atomic mass is 35.5. The van der Waals surface area contributed by atoms with Crippen molar-refractivity contribution in [3.8, 4) is 11.5 Å². The number of hydrogen-bond acceptors (Lipinski definition) is 7. The number of aliphatic imine (C=N–C) groups is 1. The predicted octanol–water partition coefficient (Wildman–Crippen LogP) is 2.81. The lowest BCUT2D eigenvalue weighted by Gasteiger charge is -2.19. The van der Waals surface area contributed by atoms with Crippen LogP contribution in [0.15, 0.2) is 41.4 Å². The van der Waals surface area contributed by atoms with Crippen molar-refractivity contribution < 1.29 is 20.1 Å². The molecule has 1 aliphatic heterocycles. The number of benzene rings is 2. The van der Waals surface area contributed by atoms with Gasteiger partial charge in [0.1, 0.15) is 5.54 Å². The minimum absolute atomic E-state index is 0.0795. The molecule has 10 heteroatoms. The van der Waals surface area contributed by atoms with Gasteiger partial charge in [0.05, 0.1) is 22.3 Å². The van der Waals surface area contributed by atoms with Crippen molar-refractivity contribution in [3.05, 3.63) is 52.0 Å². The molecule has 2 aromatic rings. The highest BCUT2D eigenvalue weighted by Gasteiger charge is 2.28. The summed E-state index contributed by atoms with van der Waals surface area (Å²) in [6, 6.07) is 9.48. The van der Waals surface area contributed by atoms with E-state index in [2.05, 4.69) is 15.6 Å². The summed E-state index contributed by atoms with van der Waals surface area (Å²) >= 11 is 12.0. The van der Waals surface area contributed by atoms with E-state index in [1.165, 1.54) is 25.1 Å². The first-order valence-electron chi connectivity index (χ1n) is 8.62. The van der Waals surface area contributed by atoms with Crippen LogP contribution in [0.5, 0.6) is 11.5 Å². The van der Waals surface area contributed by atoms with Gasteiger partial charge in [-0.15, -0.1) is 0 Å². The van der Waals surface area contributed by atoms with Gasteiger partial charge in [0.25, 0.3) is 0 Å². The van der Waals surface area contributed by atoms with Crippen molar-refractivity contribution in [3.63, 3.8) is 0 Å². The molecule has 156 valence electrons. The molecule has 1 atom stereocenters. The minimum Gasteiger partial charge on any atom is -0.504 e. The monoisotopic (exact) mass is 440 g/mol. The third-order valence-electron chi connectivity index (χ3n) is 3.98. The molecule has 7 N–H and O–H groups in total. The first-order chi connectivity index (χ1) is 13.6. The highest BCUT2D eigenvalue weighted by molar-refractivity contribution is 6.39. The van der Waals surface area contributed by atoms with Gasteiger partial charge in [-0.3, -0.25) is 9.79 Å². The summed E-state index contributed by atoms with van der Waals surface area (Å²) in [6.07, 6.45) is 0.0795. The highest BCUT2D eigenvalue weighted by Crippen LogP contribution is 2.29. The van der Waals surface area contributed by atoms with Gasteiger partial charge < -0.3 is 31.7 Å². The number of para-hydroxylation sites is 1. The third kappa shape index (κ3) is 6.42. The molecular weight excluding hydrogens is 419 g/mol. The molecule has 0 saturated heterocycles. The Bertz CT molecular complexity index is 899. The van der Waals surface area contributed by atoms with Gasteiger partial charge in [-0.1, -0.05) is 35.3 Å². The molecule has 0 spiro atoms. The SMILES string of the molecule is C[C@](N)(Cc1ccc(O)c(O)c1)C(=O)O.Clc1cccc(Cl)c1NC1=NCCN1. The number of carboxylic acid groups (broad SMARTS) is 1. The number of aliphatic carboxylic acids is 1. The number of rotatable bonds is 4. The maximum Gasteiger partial charge on any atom is 0.323 e. The number of guanidine groups is 1. The van der Waals surface area contributed by atoms with Gasteiger partial charge in [-0.2, -0.15) is 0 Å². The molecule has 0 fully saturated rings. The molecule has 3 rings (SSSR count). The molecule has 1 aliphatic rings. The number of nitrogens with one attached hydrogen (secondary N) is 2. The number of hydrogen-bond donors (Lipinski definition) is 6. The van der Waals surface area contributed by atoms with Crippen LogP contribution in [0.2, 0.25) is 10.0 Å². The van der Waals surface area contributed by atoms with E-state index in [0.29, 0.717) is 21.3 Å². The van der Waals surface area contributed by atoms with Crippen LogP contribution in [0, 0.1) is 0 Å². The zero-order chi connectivity index (χ0) is 21.6. The molecule has 29 heavy (non-hydrogen) atoms. The summed E-state index contributed by atoms with van der Waals surface area (Å²) in [7, 11) is 0. The number of aromatic hydroxyl groups is 2. The quantitative estimate of drug-likeness (QED) is 0.401. The standard InChI is InChI=1S/C10H13NO4.C9H9Cl2N3/c1-10(11,9(14)15)5-6-2-3-7(12)8(13)4-6;10-6-2-1-3-7(11)8(6)14-9-12-4-5-13-9/h2-4,12-13H,5,11H2,1H3,(H,14,15);1-3H,4-5H2,(H2,12,13,14)/t10-;/m0./s1. The van der Waals surface area contributed by atoms with E-state index in [4.69, 9.17) is 39.1 Å². The fourth-order valence-electron chi connectivity index (χ4n) is 2.40. The number of halogens is 2. The lowest BCUT2D eigenvalue weighted by molar-refractivity contribution is -0.142. The first-order valence-corrected chi connectivity index (χ1v) is 9.38. The molecule has 0 saturated carbocycles.